The second kappa shape index (κ2) is 6.89. The van der Waals surface area contributed by atoms with E-state index in [9.17, 15) is 9.59 Å². The van der Waals surface area contributed by atoms with Gasteiger partial charge in [0.25, 0.3) is 5.91 Å². The van der Waals surface area contributed by atoms with E-state index in [1.54, 1.807) is 18.2 Å². The molecule has 3 aromatic carbocycles. The number of amides is 1. The van der Waals surface area contributed by atoms with Crippen molar-refractivity contribution in [2.75, 3.05) is 11.9 Å². The van der Waals surface area contributed by atoms with Gasteiger partial charge in [-0.25, -0.2) is 0 Å². The summed E-state index contributed by atoms with van der Waals surface area (Å²) in [6.45, 7) is -0.215. The van der Waals surface area contributed by atoms with Crippen LogP contribution in [0.15, 0.2) is 54.6 Å². The number of rotatable bonds is 5. The van der Waals surface area contributed by atoms with Crippen LogP contribution in [0.4, 0.5) is 5.69 Å². The highest BCUT2D eigenvalue weighted by Gasteiger charge is 2.12. The fourth-order valence-corrected chi connectivity index (χ4v) is 3.31. The summed E-state index contributed by atoms with van der Waals surface area (Å²) in [5, 5.41) is 4.50. The number of aromatic nitrogens is 2. The van der Waals surface area contributed by atoms with Crippen LogP contribution in [0.5, 0.6) is 5.75 Å². The summed E-state index contributed by atoms with van der Waals surface area (Å²) in [4.78, 5) is 23.7. The molecule has 1 aromatic heterocycles. The van der Waals surface area contributed by atoms with E-state index in [-0.39, 0.29) is 12.5 Å². The number of anilines is 1. The van der Waals surface area contributed by atoms with Gasteiger partial charge in [-0.1, -0.05) is 36.4 Å². The molecular formula is C19H13N3O3S. The Bertz CT molecular complexity index is 1120. The summed E-state index contributed by atoms with van der Waals surface area (Å²) in [5.41, 5.74) is 2.39. The second-order valence-corrected chi connectivity index (χ2v) is 6.12. The van der Waals surface area contributed by atoms with Gasteiger partial charge >= 0.3 is 0 Å². The number of nitrogens with one attached hydrogen (secondary N) is 1. The van der Waals surface area contributed by atoms with E-state index < -0.39 is 0 Å². The maximum atomic E-state index is 12.2. The zero-order chi connectivity index (χ0) is 17.9. The van der Waals surface area contributed by atoms with Gasteiger partial charge in [-0.05, 0) is 29.0 Å². The standard InChI is InChI=1S/C19H13N3O3S/c23-10-14-13-5-2-1-4-12(13)8-9-17(14)25-11-18(24)20-15-6-3-7-16-19(15)22-26-21-16/h1-10H,11H2,(H,20,24). The molecule has 1 amide bonds. The Balaban J connectivity index is 1.52. The minimum absolute atomic E-state index is 0.215. The predicted molar refractivity (Wildman–Crippen MR) is 101 cm³/mol. The Hall–Kier alpha value is -3.32. The van der Waals surface area contributed by atoms with Crippen LogP contribution in [-0.2, 0) is 4.79 Å². The number of hydrogen-bond acceptors (Lipinski definition) is 6. The van der Waals surface area contributed by atoms with Crippen LogP contribution in [0.1, 0.15) is 10.4 Å². The highest BCUT2D eigenvalue weighted by Crippen LogP contribution is 2.27. The first-order valence-electron chi connectivity index (χ1n) is 7.87. The van der Waals surface area contributed by atoms with Crippen molar-refractivity contribution in [3.63, 3.8) is 0 Å². The van der Waals surface area contributed by atoms with Crippen molar-refractivity contribution in [2.45, 2.75) is 0 Å². The van der Waals surface area contributed by atoms with E-state index in [4.69, 9.17) is 4.74 Å². The SMILES string of the molecule is O=Cc1c(OCC(=O)Nc2cccc3nsnc23)ccc2ccccc12. The Kier molecular flexibility index (Phi) is 4.28. The molecule has 0 saturated carbocycles. The van der Waals surface area contributed by atoms with Crippen LogP contribution >= 0.6 is 11.7 Å². The van der Waals surface area contributed by atoms with Crippen molar-refractivity contribution < 1.29 is 14.3 Å². The van der Waals surface area contributed by atoms with Crippen molar-refractivity contribution in [1.29, 1.82) is 0 Å². The molecule has 1 heterocycles. The molecule has 0 aliphatic rings. The molecule has 0 radical (unpaired) electrons. The van der Waals surface area contributed by atoms with E-state index in [0.717, 1.165) is 34.3 Å². The number of carbonyl (C=O) groups excluding carboxylic acids is 2. The van der Waals surface area contributed by atoms with E-state index in [1.807, 2.05) is 36.4 Å². The van der Waals surface area contributed by atoms with Gasteiger partial charge in [0, 0.05) is 0 Å². The maximum absolute atomic E-state index is 12.2. The fraction of sp³-hybridized carbons (Fsp3) is 0.0526. The second-order valence-electron chi connectivity index (χ2n) is 5.59. The van der Waals surface area contributed by atoms with Crippen LogP contribution < -0.4 is 10.1 Å². The summed E-state index contributed by atoms with van der Waals surface area (Å²) in [6.07, 6.45) is 0.747. The summed E-state index contributed by atoms with van der Waals surface area (Å²) in [6, 6.07) is 16.5. The third-order valence-corrected chi connectivity index (χ3v) is 4.51. The molecule has 26 heavy (non-hydrogen) atoms. The summed E-state index contributed by atoms with van der Waals surface area (Å²) in [5.74, 6) is 0.0397. The molecule has 0 spiro atoms. The molecule has 6 nitrogen and oxygen atoms in total. The molecule has 7 heteroatoms. The van der Waals surface area contributed by atoms with Gasteiger partial charge in [0.15, 0.2) is 12.9 Å². The molecular weight excluding hydrogens is 350 g/mol. The monoisotopic (exact) mass is 363 g/mol. The summed E-state index contributed by atoms with van der Waals surface area (Å²) in [7, 11) is 0. The van der Waals surface area contributed by atoms with Crippen LogP contribution in [0.25, 0.3) is 21.8 Å². The lowest BCUT2D eigenvalue weighted by molar-refractivity contribution is -0.118. The number of nitrogens with zero attached hydrogens (tertiary/aromatic N) is 2. The Morgan fingerprint density at radius 3 is 2.85 bits per heavy atom. The van der Waals surface area contributed by atoms with Crippen molar-refractivity contribution in [1.82, 2.24) is 8.75 Å². The van der Waals surface area contributed by atoms with Crippen LogP contribution in [0.2, 0.25) is 0 Å². The van der Waals surface area contributed by atoms with Gasteiger partial charge in [-0.3, -0.25) is 9.59 Å². The minimum Gasteiger partial charge on any atom is -0.483 e. The number of carbonyl (C=O) groups is 2. The van der Waals surface area contributed by atoms with E-state index in [2.05, 4.69) is 14.1 Å². The number of benzene rings is 3. The quantitative estimate of drug-likeness (QED) is 0.547. The van der Waals surface area contributed by atoms with Gasteiger partial charge in [0.05, 0.1) is 23.0 Å². The van der Waals surface area contributed by atoms with Gasteiger partial charge < -0.3 is 10.1 Å². The van der Waals surface area contributed by atoms with Crippen molar-refractivity contribution in [3.05, 3.63) is 60.2 Å². The molecule has 0 fully saturated rings. The van der Waals surface area contributed by atoms with Crippen molar-refractivity contribution >= 4 is 51.4 Å². The average molecular weight is 363 g/mol. The molecule has 4 rings (SSSR count). The Morgan fingerprint density at radius 1 is 1.08 bits per heavy atom. The predicted octanol–water partition coefficient (Wildman–Crippen LogP) is 3.67. The first kappa shape index (κ1) is 16.2. The lowest BCUT2D eigenvalue weighted by Gasteiger charge is -2.11. The smallest absolute Gasteiger partial charge is 0.262 e. The number of ether oxygens (including phenoxy) is 1. The van der Waals surface area contributed by atoms with E-state index >= 15 is 0 Å². The van der Waals surface area contributed by atoms with Crippen LogP contribution in [-0.4, -0.2) is 27.5 Å². The van der Waals surface area contributed by atoms with Crippen LogP contribution in [0, 0.1) is 0 Å². The molecule has 4 aromatic rings. The summed E-state index contributed by atoms with van der Waals surface area (Å²) < 4.78 is 13.9. The average Bonchev–Trinajstić information content (AvgIpc) is 3.15. The zero-order valence-corrected chi connectivity index (χ0v) is 14.3. The molecule has 0 aliphatic carbocycles. The first-order valence-corrected chi connectivity index (χ1v) is 8.60. The topological polar surface area (TPSA) is 81.2 Å². The number of aldehydes is 1. The molecule has 0 aliphatic heterocycles. The molecule has 0 saturated heterocycles. The number of fused-ring (bicyclic) bond motifs is 2. The maximum Gasteiger partial charge on any atom is 0.262 e. The van der Waals surface area contributed by atoms with Crippen molar-refractivity contribution in [2.24, 2.45) is 0 Å². The van der Waals surface area contributed by atoms with Crippen molar-refractivity contribution in [3.8, 4) is 5.75 Å². The first-order chi connectivity index (χ1) is 12.8. The highest BCUT2D eigenvalue weighted by molar-refractivity contribution is 7.00. The van der Waals surface area contributed by atoms with E-state index in [0.29, 0.717) is 22.5 Å². The van der Waals surface area contributed by atoms with Gasteiger partial charge in [0.2, 0.25) is 0 Å². The van der Waals surface area contributed by atoms with Gasteiger partial charge in [-0.2, -0.15) is 8.75 Å². The highest BCUT2D eigenvalue weighted by atomic mass is 32.1. The Labute approximate surface area is 152 Å². The third-order valence-electron chi connectivity index (χ3n) is 3.97. The fourth-order valence-electron chi connectivity index (χ4n) is 2.76. The molecule has 1 N–H and O–H groups in total. The minimum atomic E-state index is -0.337. The van der Waals surface area contributed by atoms with Crippen LogP contribution in [0.3, 0.4) is 0 Å². The Morgan fingerprint density at radius 2 is 1.96 bits per heavy atom. The summed E-state index contributed by atoms with van der Waals surface area (Å²) >= 11 is 1.09. The molecule has 128 valence electrons. The third kappa shape index (κ3) is 3.00. The molecule has 0 bridgehead atoms. The molecule has 0 unspecified atom stereocenters. The number of hydrogen-bond donors (Lipinski definition) is 1. The largest absolute Gasteiger partial charge is 0.483 e. The van der Waals surface area contributed by atoms with Gasteiger partial charge in [-0.15, -0.1) is 0 Å². The normalized spacial score (nSPS) is 10.8. The van der Waals surface area contributed by atoms with E-state index in [1.165, 1.54) is 0 Å². The lowest BCUT2D eigenvalue weighted by Crippen LogP contribution is -2.20. The lowest BCUT2D eigenvalue weighted by atomic mass is 10.0. The molecule has 0 atom stereocenters. The van der Waals surface area contributed by atoms with Gasteiger partial charge in [0.1, 0.15) is 16.8 Å². The zero-order valence-electron chi connectivity index (χ0n) is 13.5.